The highest BCUT2D eigenvalue weighted by Gasteiger charge is 2.10. The Balaban J connectivity index is 2.11. The number of halogens is 3. The number of hydrogen-bond acceptors (Lipinski definition) is 3. The van der Waals surface area contributed by atoms with Crippen molar-refractivity contribution >= 4 is 60.1 Å². The number of benzene rings is 2. The van der Waals surface area contributed by atoms with Crippen molar-refractivity contribution < 1.29 is 4.74 Å². The predicted molar refractivity (Wildman–Crippen MR) is 93.1 cm³/mol. The van der Waals surface area contributed by atoms with Crippen LogP contribution >= 0.6 is 43.5 Å². The highest BCUT2D eigenvalue weighted by molar-refractivity contribution is 9.10. The van der Waals surface area contributed by atoms with Crippen LogP contribution in [0.5, 0.6) is 11.5 Å². The van der Waals surface area contributed by atoms with Crippen LogP contribution in [0, 0.1) is 0 Å². The molecule has 3 nitrogen and oxygen atoms in total. The van der Waals surface area contributed by atoms with Gasteiger partial charge in [0.1, 0.15) is 11.3 Å². The summed E-state index contributed by atoms with van der Waals surface area (Å²) in [4.78, 5) is 4.38. The molecule has 3 aromatic rings. The first-order valence-electron chi connectivity index (χ1n) is 6.01. The fraction of sp³-hybridized carbons (Fsp3) is 0. The number of nitrogens with zero attached hydrogens (tertiary/aromatic N) is 1. The molecule has 0 aliphatic rings. The molecule has 1 aromatic heterocycles. The van der Waals surface area contributed by atoms with Gasteiger partial charge in [-0.1, -0.05) is 27.5 Å². The molecule has 3 rings (SSSR count). The Hall–Kier alpha value is -1.30. The number of anilines is 1. The van der Waals surface area contributed by atoms with Crippen molar-refractivity contribution in [2.75, 3.05) is 5.73 Å². The van der Waals surface area contributed by atoms with E-state index in [9.17, 15) is 0 Å². The SMILES string of the molecule is Nc1ccc(Oc2ccc(Br)cc2Cl)c2ncc(Br)cc12. The van der Waals surface area contributed by atoms with E-state index in [-0.39, 0.29) is 0 Å². The molecule has 2 aromatic carbocycles. The van der Waals surface area contributed by atoms with Gasteiger partial charge in [0.25, 0.3) is 0 Å². The van der Waals surface area contributed by atoms with Crippen LogP contribution in [0.4, 0.5) is 5.69 Å². The fourth-order valence-corrected chi connectivity index (χ4v) is 2.99. The minimum Gasteiger partial charge on any atom is -0.454 e. The van der Waals surface area contributed by atoms with Gasteiger partial charge in [-0.3, -0.25) is 4.98 Å². The second kappa shape index (κ2) is 5.83. The molecule has 106 valence electrons. The molecule has 0 saturated carbocycles. The molecule has 0 radical (unpaired) electrons. The van der Waals surface area contributed by atoms with Crippen LogP contribution in [0.1, 0.15) is 0 Å². The molecule has 0 amide bonds. The Labute approximate surface area is 143 Å². The molecular formula is C15H9Br2ClN2O. The van der Waals surface area contributed by atoms with Crippen LogP contribution in [-0.4, -0.2) is 4.98 Å². The van der Waals surface area contributed by atoms with Crippen LogP contribution in [0.15, 0.2) is 51.5 Å². The van der Waals surface area contributed by atoms with Gasteiger partial charge >= 0.3 is 0 Å². The summed E-state index contributed by atoms with van der Waals surface area (Å²) in [5, 5.41) is 1.35. The summed E-state index contributed by atoms with van der Waals surface area (Å²) >= 11 is 12.9. The molecule has 0 spiro atoms. The number of nitrogen functional groups attached to an aromatic ring is 1. The second-order valence-corrected chi connectivity index (χ2v) is 6.62. The topological polar surface area (TPSA) is 48.1 Å². The molecule has 0 bridgehead atoms. The van der Waals surface area contributed by atoms with Crippen molar-refractivity contribution in [2.45, 2.75) is 0 Å². The first-order chi connectivity index (χ1) is 10.0. The number of rotatable bonds is 2. The van der Waals surface area contributed by atoms with Gasteiger partial charge in [0, 0.05) is 26.2 Å². The summed E-state index contributed by atoms with van der Waals surface area (Å²) < 4.78 is 7.64. The van der Waals surface area contributed by atoms with Crippen LogP contribution in [0.25, 0.3) is 10.9 Å². The van der Waals surface area contributed by atoms with E-state index in [0.29, 0.717) is 27.7 Å². The average Bonchev–Trinajstić information content (AvgIpc) is 2.45. The number of aromatic nitrogens is 1. The lowest BCUT2D eigenvalue weighted by atomic mass is 10.1. The van der Waals surface area contributed by atoms with Gasteiger partial charge in [-0.2, -0.15) is 0 Å². The molecule has 2 N–H and O–H groups in total. The Morgan fingerprint density at radius 3 is 2.52 bits per heavy atom. The molecular weight excluding hydrogens is 419 g/mol. The van der Waals surface area contributed by atoms with Gasteiger partial charge < -0.3 is 10.5 Å². The minimum atomic E-state index is 0.520. The highest BCUT2D eigenvalue weighted by Crippen LogP contribution is 2.36. The lowest BCUT2D eigenvalue weighted by molar-refractivity contribution is 0.487. The van der Waals surface area contributed by atoms with Crippen LogP contribution in [-0.2, 0) is 0 Å². The average molecular weight is 429 g/mol. The summed E-state index contributed by atoms with van der Waals surface area (Å²) in [5.74, 6) is 1.17. The van der Waals surface area contributed by atoms with E-state index in [1.165, 1.54) is 0 Å². The molecule has 0 aliphatic carbocycles. The van der Waals surface area contributed by atoms with Crippen molar-refractivity contribution in [1.82, 2.24) is 4.98 Å². The predicted octanol–water partition coefficient (Wildman–Crippen LogP) is 5.79. The fourth-order valence-electron chi connectivity index (χ4n) is 1.95. The minimum absolute atomic E-state index is 0.520. The lowest BCUT2D eigenvalue weighted by Gasteiger charge is -2.11. The molecule has 0 fully saturated rings. The third kappa shape index (κ3) is 3.00. The number of ether oxygens (including phenoxy) is 1. The molecule has 6 heteroatoms. The zero-order chi connectivity index (χ0) is 15.0. The molecule has 0 aliphatic heterocycles. The highest BCUT2D eigenvalue weighted by atomic mass is 79.9. The molecule has 1 heterocycles. The zero-order valence-electron chi connectivity index (χ0n) is 10.6. The van der Waals surface area contributed by atoms with E-state index in [4.69, 9.17) is 22.1 Å². The monoisotopic (exact) mass is 426 g/mol. The quantitative estimate of drug-likeness (QED) is 0.526. The molecule has 0 unspecified atom stereocenters. The molecule has 0 saturated heterocycles. The third-order valence-corrected chi connectivity index (χ3v) is 4.15. The van der Waals surface area contributed by atoms with Crippen LogP contribution < -0.4 is 10.5 Å². The van der Waals surface area contributed by atoms with Gasteiger partial charge in [0.05, 0.1) is 5.02 Å². The molecule has 21 heavy (non-hydrogen) atoms. The van der Waals surface area contributed by atoms with Gasteiger partial charge in [-0.05, 0) is 52.3 Å². The van der Waals surface area contributed by atoms with Crippen molar-refractivity contribution in [2.24, 2.45) is 0 Å². The summed E-state index contributed by atoms with van der Waals surface area (Å²) in [5.41, 5.74) is 7.33. The van der Waals surface area contributed by atoms with Gasteiger partial charge in [0.2, 0.25) is 0 Å². The Bertz CT molecular complexity index is 839. The van der Waals surface area contributed by atoms with Crippen molar-refractivity contribution in [1.29, 1.82) is 0 Å². The maximum absolute atomic E-state index is 6.18. The van der Waals surface area contributed by atoms with Crippen LogP contribution in [0.2, 0.25) is 5.02 Å². The Morgan fingerprint density at radius 2 is 1.76 bits per heavy atom. The number of nitrogens with two attached hydrogens (primary N) is 1. The summed E-state index contributed by atoms with van der Waals surface area (Å²) in [6.07, 6.45) is 1.71. The van der Waals surface area contributed by atoms with Gasteiger partial charge in [-0.25, -0.2) is 0 Å². The van der Waals surface area contributed by atoms with E-state index in [1.807, 2.05) is 12.1 Å². The Kier molecular flexibility index (Phi) is 4.06. The standard InChI is InChI=1S/C15H9Br2ClN2O/c16-8-1-3-13(11(18)6-8)21-14-4-2-12(19)10-5-9(17)7-20-15(10)14/h1-7H,19H2. The van der Waals surface area contributed by atoms with Crippen molar-refractivity contribution in [3.63, 3.8) is 0 Å². The van der Waals surface area contributed by atoms with Crippen molar-refractivity contribution in [3.05, 3.63) is 56.6 Å². The third-order valence-electron chi connectivity index (χ3n) is 2.93. The van der Waals surface area contributed by atoms with E-state index < -0.39 is 0 Å². The largest absolute Gasteiger partial charge is 0.454 e. The summed E-state index contributed by atoms with van der Waals surface area (Å²) in [7, 11) is 0. The summed E-state index contributed by atoms with van der Waals surface area (Å²) in [6.45, 7) is 0. The van der Waals surface area contributed by atoms with E-state index in [1.54, 1.807) is 30.5 Å². The Morgan fingerprint density at radius 1 is 1.00 bits per heavy atom. The van der Waals surface area contributed by atoms with E-state index in [0.717, 1.165) is 14.3 Å². The van der Waals surface area contributed by atoms with Crippen LogP contribution in [0.3, 0.4) is 0 Å². The second-order valence-electron chi connectivity index (χ2n) is 4.38. The van der Waals surface area contributed by atoms with E-state index >= 15 is 0 Å². The maximum atomic E-state index is 6.18. The van der Waals surface area contributed by atoms with Gasteiger partial charge in [0.15, 0.2) is 5.75 Å². The summed E-state index contributed by atoms with van der Waals surface area (Å²) in [6, 6.07) is 10.9. The normalized spacial score (nSPS) is 10.8. The lowest BCUT2D eigenvalue weighted by Crippen LogP contribution is -1.93. The maximum Gasteiger partial charge on any atom is 0.153 e. The number of pyridine rings is 1. The number of hydrogen-bond donors (Lipinski definition) is 1. The first kappa shape index (κ1) is 14.6. The number of fused-ring (bicyclic) bond motifs is 1. The van der Waals surface area contributed by atoms with Crippen molar-refractivity contribution in [3.8, 4) is 11.5 Å². The van der Waals surface area contributed by atoms with Gasteiger partial charge in [-0.15, -0.1) is 0 Å². The van der Waals surface area contributed by atoms with E-state index in [2.05, 4.69) is 36.8 Å². The smallest absolute Gasteiger partial charge is 0.153 e. The molecule has 0 atom stereocenters. The zero-order valence-corrected chi connectivity index (χ0v) is 14.5. The first-order valence-corrected chi connectivity index (χ1v) is 7.97.